The van der Waals surface area contributed by atoms with E-state index < -0.39 is 0 Å². The Morgan fingerprint density at radius 1 is 0.370 bits per heavy atom. The van der Waals surface area contributed by atoms with Gasteiger partial charge in [-0.25, -0.2) is 0 Å². The van der Waals surface area contributed by atoms with Gasteiger partial charge in [0.2, 0.25) is 0 Å². The lowest BCUT2D eigenvalue weighted by Crippen LogP contribution is -2.10. The third-order valence-corrected chi connectivity index (χ3v) is 9.04. The molecule has 0 amide bonds. The van der Waals surface area contributed by atoms with Crippen LogP contribution >= 0.6 is 0 Å². The molecule has 1 aromatic heterocycles. The third-order valence-electron chi connectivity index (χ3n) is 9.04. The van der Waals surface area contributed by atoms with Crippen molar-refractivity contribution in [1.82, 2.24) is 0 Å². The first-order valence-corrected chi connectivity index (χ1v) is 15.7. The molecule has 8 aromatic carbocycles. The highest BCUT2D eigenvalue weighted by atomic mass is 16.3. The van der Waals surface area contributed by atoms with E-state index in [0.29, 0.717) is 0 Å². The van der Waals surface area contributed by atoms with Crippen LogP contribution in [0.2, 0.25) is 0 Å². The minimum Gasteiger partial charge on any atom is -0.456 e. The number of anilines is 3. The van der Waals surface area contributed by atoms with Gasteiger partial charge in [-0.3, -0.25) is 0 Å². The summed E-state index contributed by atoms with van der Waals surface area (Å²) in [6.07, 6.45) is 0. The van der Waals surface area contributed by atoms with E-state index in [-0.39, 0.29) is 0 Å². The van der Waals surface area contributed by atoms with Crippen LogP contribution in [-0.2, 0) is 0 Å². The average Bonchev–Trinajstić information content (AvgIpc) is 3.50. The lowest BCUT2D eigenvalue weighted by molar-refractivity contribution is 0.669. The largest absolute Gasteiger partial charge is 0.456 e. The molecule has 0 aliphatic rings. The Labute approximate surface area is 267 Å². The van der Waals surface area contributed by atoms with E-state index in [9.17, 15) is 0 Å². The Morgan fingerprint density at radius 3 is 1.87 bits per heavy atom. The van der Waals surface area contributed by atoms with E-state index in [4.69, 9.17) is 4.42 Å². The van der Waals surface area contributed by atoms with E-state index in [0.717, 1.165) is 39.0 Å². The van der Waals surface area contributed by atoms with E-state index in [1.54, 1.807) is 0 Å². The minimum atomic E-state index is 0.889. The van der Waals surface area contributed by atoms with Gasteiger partial charge in [0, 0.05) is 27.5 Å². The summed E-state index contributed by atoms with van der Waals surface area (Å²) in [5.41, 5.74) is 9.92. The minimum absolute atomic E-state index is 0.889. The molecule has 0 fully saturated rings. The van der Waals surface area contributed by atoms with Crippen LogP contribution in [0, 0.1) is 0 Å². The van der Waals surface area contributed by atoms with Crippen molar-refractivity contribution in [1.29, 1.82) is 0 Å². The van der Waals surface area contributed by atoms with Crippen molar-refractivity contribution in [3.63, 3.8) is 0 Å². The molecular weight excluding hydrogens is 558 g/mol. The zero-order valence-electron chi connectivity index (χ0n) is 25.1. The number of benzene rings is 8. The molecule has 9 rings (SSSR count). The Kier molecular flexibility index (Phi) is 6.17. The number of fused-ring (bicyclic) bond motifs is 5. The number of hydrogen-bond acceptors (Lipinski definition) is 2. The van der Waals surface area contributed by atoms with Crippen molar-refractivity contribution in [2.45, 2.75) is 0 Å². The summed E-state index contributed by atoms with van der Waals surface area (Å²) in [5, 5.41) is 7.06. The fraction of sp³-hybridized carbons (Fsp3) is 0. The standard InChI is InChI=1S/C44H29NO/c1-2-10-30(11-3-1)32-20-22-33(23-21-32)38-17-8-14-34-15-9-18-41(44(34)38)45(36-25-24-31-12-4-5-13-35(31)28-36)37-26-27-43-40(29-37)39-16-6-7-19-42(39)46-43/h1-29H. The zero-order valence-corrected chi connectivity index (χ0v) is 25.1. The molecular formula is C44H29NO. The molecule has 0 aliphatic carbocycles. The van der Waals surface area contributed by atoms with Gasteiger partial charge in [-0.05, 0) is 80.9 Å². The first-order chi connectivity index (χ1) is 22.8. The van der Waals surface area contributed by atoms with Crippen LogP contribution in [0.25, 0.3) is 65.7 Å². The predicted octanol–water partition coefficient (Wildman–Crippen LogP) is 12.7. The van der Waals surface area contributed by atoms with E-state index in [1.807, 2.05) is 12.1 Å². The van der Waals surface area contributed by atoms with Gasteiger partial charge < -0.3 is 9.32 Å². The monoisotopic (exact) mass is 587 g/mol. The molecule has 0 N–H and O–H groups in total. The smallest absolute Gasteiger partial charge is 0.135 e. The van der Waals surface area contributed by atoms with Gasteiger partial charge in [0.25, 0.3) is 0 Å². The van der Waals surface area contributed by atoms with Crippen LogP contribution in [-0.4, -0.2) is 0 Å². The van der Waals surface area contributed by atoms with Crippen molar-refractivity contribution < 1.29 is 4.42 Å². The van der Waals surface area contributed by atoms with Crippen molar-refractivity contribution in [3.05, 3.63) is 176 Å². The van der Waals surface area contributed by atoms with Crippen molar-refractivity contribution in [3.8, 4) is 22.3 Å². The first kappa shape index (κ1) is 26.3. The van der Waals surface area contributed by atoms with Crippen LogP contribution in [0.1, 0.15) is 0 Å². The lowest BCUT2D eigenvalue weighted by atomic mass is 9.94. The van der Waals surface area contributed by atoms with Crippen LogP contribution in [0.4, 0.5) is 17.1 Å². The van der Waals surface area contributed by atoms with Crippen LogP contribution in [0.15, 0.2) is 180 Å². The Hall–Kier alpha value is -6.12. The summed E-state index contributed by atoms with van der Waals surface area (Å²) < 4.78 is 6.23. The topological polar surface area (TPSA) is 16.4 Å². The molecule has 2 nitrogen and oxygen atoms in total. The van der Waals surface area contributed by atoms with Crippen molar-refractivity contribution in [2.24, 2.45) is 0 Å². The van der Waals surface area contributed by atoms with E-state index in [2.05, 4.69) is 169 Å². The molecule has 0 bridgehead atoms. The Bertz CT molecular complexity index is 2520. The SMILES string of the molecule is c1ccc(-c2ccc(-c3cccc4cccc(N(c5ccc6ccccc6c5)c5ccc6oc7ccccc7c6c5)c34)cc2)cc1. The second-order valence-corrected chi connectivity index (χ2v) is 11.8. The molecule has 2 heteroatoms. The van der Waals surface area contributed by atoms with Gasteiger partial charge in [0.05, 0.1) is 5.69 Å². The fourth-order valence-corrected chi connectivity index (χ4v) is 6.82. The number of nitrogens with zero attached hydrogens (tertiary/aromatic N) is 1. The van der Waals surface area contributed by atoms with Crippen molar-refractivity contribution >= 4 is 60.5 Å². The molecule has 216 valence electrons. The molecule has 0 aliphatic heterocycles. The van der Waals surface area contributed by atoms with E-state index in [1.165, 1.54) is 43.8 Å². The lowest BCUT2D eigenvalue weighted by Gasteiger charge is -2.28. The maximum atomic E-state index is 6.23. The highest BCUT2D eigenvalue weighted by Crippen LogP contribution is 2.45. The molecule has 0 atom stereocenters. The fourth-order valence-electron chi connectivity index (χ4n) is 6.82. The molecule has 1 heterocycles. The summed E-state index contributed by atoms with van der Waals surface area (Å²) in [5.74, 6) is 0. The van der Waals surface area contributed by atoms with Crippen LogP contribution in [0.3, 0.4) is 0 Å². The average molecular weight is 588 g/mol. The van der Waals surface area contributed by atoms with E-state index >= 15 is 0 Å². The zero-order chi connectivity index (χ0) is 30.5. The van der Waals surface area contributed by atoms with Gasteiger partial charge in [0.1, 0.15) is 11.2 Å². The summed E-state index contributed by atoms with van der Waals surface area (Å²) in [7, 11) is 0. The maximum Gasteiger partial charge on any atom is 0.135 e. The number of furan rings is 1. The molecule has 46 heavy (non-hydrogen) atoms. The Morgan fingerprint density at radius 2 is 1.00 bits per heavy atom. The number of rotatable bonds is 5. The molecule has 0 saturated heterocycles. The molecule has 0 unspecified atom stereocenters. The Balaban J connectivity index is 1.28. The number of hydrogen-bond donors (Lipinski definition) is 0. The molecule has 0 spiro atoms. The quantitative estimate of drug-likeness (QED) is 0.199. The van der Waals surface area contributed by atoms with Crippen LogP contribution < -0.4 is 4.90 Å². The maximum absolute atomic E-state index is 6.23. The van der Waals surface area contributed by atoms with Gasteiger partial charge in [0.15, 0.2) is 0 Å². The summed E-state index contributed by atoms with van der Waals surface area (Å²) in [6, 6.07) is 62.9. The predicted molar refractivity (Wildman–Crippen MR) is 194 cm³/mol. The molecule has 0 radical (unpaired) electrons. The van der Waals surface area contributed by atoms with Gasteiger partial charge >= 0.3 is 0 Å². The third kappa shape index (κ3) is 4.43. The molecule has 0 saturated carbocycles. The van der Waals surface area contributed by atoms with Gasteiger partial charge in [-0.1, -0.05) is 133 Å². The summed E-state index contributed by atoms with van der Waals surface area (Å²) in [6.45, 7) is 0. The highest BCUT2D eigenvalue weighted by Gasteiger charge is 2.20. The highest BCUT2D eigenvalue weighted by molar-refractivity contribution is 6.10. The number of para-hydroxylation sites is 1. The van der Waals surface area contributed by atoms with Crippen molar-refractivity contribution in [2.75, 3.05) is 4.90 Å². The first-order valence-electron chi connectivity index (χ1n) is 15.7. The van der Waals surface area contributed by atoms with Gasteiger partial charge in [-0.15, -0.1) is 0 Å². The molecule has 9 aromatic rings. The van der Waals surface area contributed by atoms with Crippen LogP contribution in [0.5, 0.6) is 0 Å². The second kappa shape index (κ2) is 10.8. The summed E-state index contributed by atoms with van der Waals surface area (Å²) >= 11 is 0. The van der Waals surface area contributed by atoms with Gasteiger partial charge in [-0.2, -0.15) is 0 Å². The normalized spacial score (nSPS) is 11.5. The summed E-state index contributed by atoms with van der Waals surface area (Å²) in [4.78, 5) is 2.40. The second-order valence-electron chi connectivity index (χ2n) is 11.8.